The molecule has 154 valence electrons. The number of piperidine rings is 1. The first-order chi connectivity index (χ1) is 13.7. The van der Waals surface area contributed by atoms with Crippen molar-refractivity contribution in [3.8, 4) is 11.3 Å². The summed E-state index contributed by atoms with van der Waals surface area (Å²) < 4.78 is 7.09. The minimum absolute atomic E-state index is 0. The molecule has 1 fully saturated rings. The molecule has 0 spiro atoms. The van der Waals surface area contributed by atoms with E-state index in [0.29, 0.717) is 18.2 Å². The summed E-state index contributed by atoms with van der Waals surface area (Å²) >= 11 is 0. The Morgan fingerprint density at radius 2 is 2.17 bits per heavy atom. The first kappa shape index (κ1) is 21.0. The molecule has 0 radical (unpaired) electrons. The highest BCUT2D eigenvalue weighted by molar-refractivity contribution is 5.85. The molecule has 9 heteroatoms. The van der Waals surface area contributed by atoms with Crippen molar-refractivity contribution >= 4 is 18.3 Å². The van der Waals surface area contributed by atoms with Gasteiger partial charge in [-0.1, -0.05) is 5.16 Å². The van der Waals surface area contributed by atoms with E-state index in [1.165, 1.54) is 0 Å². The normalized spacial score (nSPS) is 16.2. The van der Waals surface area contributed by atoms with Gasteiger partial charge in [-0.2, -0.15) is 5.10 Å². The Morgan fingerprint density at radius 3 is 2.93 bits per heavy atom. The van der Waals surface area contributed by atoms with Crippen molar-refractivity contribution in [2.24, 2.45) is 0 Å². The summed E-state index contributed by atoms with van der Waals surface area (Å²) in [5.74, 6) is 1.04. The fraction of sp³-hybridized carbons (Fsp3) is 0.400. The van der Waals surface area contributed by atoms with Crippen LogP contribution in [0, 0.1) is 0 Å². The number of carbonyl (C=O) groups is 1. The molecule has 1 aliphatic heterocycles. The Bertz CT molecular complexity index is 920. The van der Waals surface area contributed by atoms with E-state index < -0.39 is 0 Å². The lowest BCUT2D eigenvalue weighted by Crippen LogP contribution is -2.30. The summed E-state index contributed by atoms with van der Waals surface area (Å²) in [6.07, 6.45) is 7.61. The van der Waals surface area contributed by atoms with E-state index in [-0.39, 0.29) is 24.9 Å². The van der Waals surface area contributed by atoms with Gasteiger partial charge in [-0.15, -0.1) is 12.4 Å². The van der Waals surface area contributed by atoms with Crippen LogP contribution in [-0.2, 0) is 17.9 Å². The van der Waals surface area contributed by atoms with Crippen LogP contribution in [0.5, 0.6) is 0 Å². The third-order valence-electron chi connectivity index (χ3n) is 5.03. The molecule has 1 saturated heterocycles. The summed E-state index contributed by atoms with van der Waals surface area (Å²) in [5.41, 5.74) is 2.72. The Morgan fingerprint density at radius 1 is 1.34 bits per heavy atom. The summed E-state index contributed by atoms with van der Waals surface area (Å²) in [4.78, 5) is 18.2. The van der Waals surface area contributed by atoms with Crippen LogP contribution in [0.15, 0.2) is 47.4 Å². The van der Waals surface area contributed by atoms with Gasteiger partial charge in [-0.3, -0.25) is 14.5 Å². The third-order valence-corrected chi connectivity index (χ3v) is 5.03. The number of hydrogen-bond acceptors (Lipinski definition) is 6. The van der Waals surface area contributed by atoms with Gasteiger partial charge in [0.1, 0.15) is 12.2 Å². The molecule has 1 aliphatic rings. The number of nitrogens with zero attached hydrogens (tertiary/aromatic N) is 5. The quantitative estimate of drug-likeness (QED) is 0.664. The Labute approximate surface area is 175 Å². The smallest absolute Gasteiger partial charge is 0.244 e. The van der Waals surface area contributed by atoms with Crippen molar-refractivity contribution in [2.75, 3.05) is 20.1 Å². The molecule has 1 unspecified atom stereocenters. The van der Waals surface area contributed by atoms with E-state index in [4.69, 9.17) is 4.52 Å². The number of carbonyl (C=O) groups excluding carboxylic acids is 1. The molecule has 1 amide bonds. The van der Waals surface area contributed by atoms with Crippen molar-refractivity contribution in [3.63, 3.8) is 0 Å². The lowest BCUT2D eigenvalue weighted by atomic mass is 9.97. The molecule has 4 heterocycles. The average molecular weight is 417 g/mol. The minimum Gasteiger partial charge on any atom is -0.359 e. The number of rotatable bonds is 6. The predicted molar refractivity (Wildman–Crippen MR) is 111 cm³/mol. The van der Waals surface area contributed by atoms with Gasteiger partial charge < -0.3 is 14.7 Å². The Balaban J connectivity index is 0.00000240. The summed E-state index contributed by atoms with van der Waals surface area (Å²) in [5, 5.41) is 12.1. The molecule has 0 saturated carbocycles. The zero-order valence-corrected chi connectivity index (χ0v) is 17.1. The lowest BCUT2D eigenvalue weighted by Gasteiger charge is -2.20. The van der Waals surface area contributed by atoms with Gasteiger partial charge in [-0.05, 0) is 37.6 Å². The number of likely N-dealkylation sites (N-methyl/N-ethyl adjacent to an activating group) is 1. The maximum Gasteiger partial charge on any atom is 0.244 e. The van der Waals surface area contributed by atoms with Gasteiger partial charge >= 0.3 is 0 Å². The zero-order valence-electron chi connectivity index (χ0n) is 16.3. The highest BCUT2D eigenvalue weighted by Gasteiger charge is 2.19. The standard InChI is InChI=1S/C20H24N6O2.ClH/c1-25(13-17-11-19(24-28-17)15-4-8-21-9-5-15)20(27)14-26-10-6-18(23-26)16-3-2-7-22-12-16;/h4-6,8-11,16,22H,2-3,7,12-14H2,1H3;1H. The second-order valence-electron chi connectivity index (χ2n) is 7.15. The number of amides is 1. The second kappa shape index (κ2) is 9.67. The van der Waals surface area contributed by atoms with Crippen molar-refractivity contribution in [1.29, 1.82) is 0 Å². The number of pyridine rings is 1. The lowest BCUT2D eigenvalue weighted by molar-refractivity contribution is -0.131. The molecule has 3 aromatic heterocycles. The highest BCUT2D eigenvalue weighted by Crippen LogP contribution is 2.21. The molecule has 1 N–H and O–H groups in total. The largest absolute Gasteiger partial charge is 0.359 e. The molecule has 3 aromatic rings. The van der Waals surface area contributed by atoms with E-state index in [1.807, 2.05) is 30.5 Å². The molecule has 8 nitrogen and oxygen atoms in total. The van der Waals surface area contributed by atoms with Crippen molar-refractivity contribution in [2.45, 2.75) is 31.8 Å². The van der Waals surface area contributed by atoms with E-state index in [0.717, 1.165) is 42.9 Å². The van der Waals surface area contributed by atoms with E-state index in [2.05, 4.69) is 20.6 Å². The third kappa shape index (κ3) is 5.21. The maximum atomic E-state index is 12.6. The summed E-state index contributed by atoms with van der Waals surface area (Å²) in [6, 6.07) is 7.60. The van der Waals surface area contributed by atoms with Crippen LogP contribution in [0.1, 0.15) is 30.2 Å². The molecule has 1 atom stereocenters. The fourth-order valence-electron chi connectivity index (χ4n) is 3.41. The van der Waals surface area contributed by atoms with Crippen molar-refractivity contribution in [1.82, 2.24) is 30.1 Å². The van der Waals surface area contributed by atoms with E-state index in [1.54, 1.807) is 29.0 Å². The summed E-state index contributed by atoms with van der Waals surface area (Å²) in [6.45, 7) is 2.60. The topological polar surface area (TPSA) is 89.1 Å². The number of hydrogen-bond donors (Lipinski definition) is 1. The van der Waals surface area contributed by atoms with Gasteiger partial charge in [-0.25, -0.2) is 0 Å². The van der Waals surface area contributed by atoms with Crippen molar-refractivity contribution < 1.29 is 9.32 Å². The van der Waals surface area contributed by atoms with Crippen LogP contribution in [0.25, 0.3) is 11.3 Å². The number of halogens is 1. The zero-order chi connectivity index (χ0) is 19.3. The molecule has 0 aromatic carbocycles. The average Bonchev–Trinajstić information content (AvgIpc) is 3.39. The Kier molecular flexibility index (Phi) is 7.00. The van der Waals surface area contributed by atoms with Gasteiger partial charge in [0.15, 0.2) is 5.76 Å². The van der Waals surface area contributed by atoms with Crippen LogP contribution in [-0.4, -0.2) is 50.9 Å². The molecule has 0 aliphatic carbocycles. The SMILES string of the molecule is CN(Cc1cc(-c2ccncc2)no1)C(=O)Cn1ccc(C2CCCNC2)n1.Cl. The maximum absolute atomic E-state index is 12.6. The van der Waals surface area contributed by atoms with Crippen LogP contribution < -0.4 is 5.32 Å². The van der Waals surface area contributed by atoms with E-state index >= 15 is 0 Å². The van der Waals surface area contributed by atoms with Crippen LogP contribution in [0.2, 0.25) is 0 Å². The predicted octanol–water partition coefficient (Wildman–Crippen LogP) is 2.48. The van der Waals surface area contributed by atoms with Gasteiger partial charge in [0, 0.05) is 49.7 Å². The highest BCUT2D eigenvalue weighted by atomic mass is 35.5. The molecular weight excluding hydrogens is 392 g/mol. The molecule has 29 heavy (non-hydrogen) atoms. The first-order valence-electron chi connectivity index (χ1n) is 9.53. The molecule has 0 bridgehead atoms. The van der Waals surface area contributed by atoms with Crippen LogP contribution >= 0.6 is 12.4 Å². The van der Waals surface area contributed by atoms with Gasteiger partial charge in [0.25, 0.3) is 0 Å². The molecule has 4 rings (SSSR count). The fourth-order valence-corrected chi connectivity index (χ4v) is 3.41. The Hall–Kier alpha value is -2.71. The molecular formula is C20H25ClN6O2. The van der Waals surface area contributed by atoms with Crippen molar-refractivity contribution in [3.05, 3.63) is 54.3 Å². The van der Waals surface area contributed by atoms with Gasteiger partial charge in [0.05, 0.1) is 12.2 Å². The van der Waals surface area contributed by atoms with E-state index in [9.17, 15) is 4.79 Å². The minimum atomic E-state index is -0.0294. The van der Waals surface area contributed by atoms with Crippen LogP contribution in [0.4, 0.5) is 0 Å². The monoisotopic (exact) mass is 416 g/mol. The van der Waals surface area contributed by atoms with Crippen LogP contribution in [0.3, 0.4) is 0 Å². The summed E-state index contributed by atoms with van der Waals surface area (Å²) in [7, 11) is 1.76. The first-order valence-corrected chi connectivity index (χ1v) is 9.53. The van der Waals surface area contributed by atoms with Gasteiger partial charge in [0.2, 0.25) is 5.91 Å². The number of aromatic nitrogens is 4. The second-order valence-corrected chi connectivity index (χ2v) is 7.15. The number of nitrogens with one attached hydrogen (secondary N) is 1.